The summed E-state index contributed by atoms with van der Waals surface area (Å²) in [5, 5.41) is 10.1. The second kappa shape index (κ2) is 7.24. The van der Waals surface area contributed by atoms with Crippen LogP contribution in [0.5, 0.6) is 5.75 Å². The lowest BCUT2D eigenvalue weighted by Gasteiger charge is -2.27. The van der Waals surface area contributed by atoms with Crippen LogP contribution in [0.25, 0.3) is 0 Å². The molecule has 3 heterocycles. The van der Waals surface area contributed by atoms with Crippen molar-refractivity contribution in [1.82, 2.24) is 9.88 Å². The van der Waals surface area contributed by atoms with Crippen LogP contribution in [-0.2, 0) is 22.6 Å². The molecule has 0 saturated carbocycles. The molecule has 0 radical (unpaired) electrons. The van der Waals surface area contributed by atoms with E-state index in [-0.39, 0.29) is 25.0 Å². The molecular formula is C21H22N2O5. The number of hydrogen-bond acceptors (Lipinski definition) is 5. The van der Waals surface area contributed by atoms with Crippen LogP contribution in [0.2, 0.25) is 0 Å². The summed E-state index contributed by atoms with van der Waals surface area (Å²) in [7, 11) is 1.57. The van der Waals surface area contributed by atoms with Crippen molar-refractivity contribution in [2.24, 2.45) is 11.3 Å². The monoisotopic (exact) mass is 382 g/mol. The first-order chi connectivity index (χ1) is 13.5. The first-order valence-corrected chi connectivity index (χ1v) is 9.22. The standard InChI is InChI=1S/C21H22N2O5/c1-27-12-16-6-4-7-17(22-16)19(24)23-10-15-11-28-18-8-3-2-5-14(18)9-21(15,13-23)20(25)26/h2-8,15H,9-13H2,1H3,(H,25,26). The highest BCUT2D eigenvalue weighted by Crippen LogP contribution is 2.44. The molecule has 28 heavy (non-hydrogen) atoms. The lowest BCUT2D eigenvalue weighted by atomic mass is 9.74. The topological polar surface area (TPSA) is 89.0 Å². The Hall–Kier alpha value is -2.93. The smallest absolute Gasteiger partial charge is 0.312 e. The average molecular weight is 382 g/mol. The number of nitrogens with zero attached hydrogens (tertiary/aromatic N) is 2. The number of para-hydroxylation sites is 1. The van der Waals surface area contributed by atoms with Gasteiger partial charge in [-0.15, -0.1) is 0 Å². The minimum Gasteiger partial charge on any atom is -0.493 e. The summed E-state index contributed by atoms with van der Waals surface area (Å²) in [5.41, 5.74) is 0.758. The fraction of sp³-hybridized carbons (Fsp3) is 0.381. The fourth-order valence-electron chi connectivity index (χ4n) is 4.17. The minimum absolute atomic E-state index is 0.139. The van der Waals surface area contributed by atoms with Gasteiger partial charge in [-0.25, -0.2) is 4.98 Å². The van der Waals surface area contributed by atoms with Crippen LogP contribution in [0.15, 0.2) is 42.5 Å². The van der Waals surface area contributed by atoms with E-state index in [9.17, 15) is 14.7 Å². The number of aromatic nitrogens is 1. The molecule has 146 valence electrons. The number of hydrogen-bond donors (Lipinski definition) is 1. The molecule has 1 aromatic heterocycles. The number of rotatable bonds is 4. The normalized spacial score (nSPS) is 23.3. The van der Waals surface area contributed by atoms with Crippen LogP contribution in [0.4, 0.5) is 0 Å². The maximum atomic E-state index is 13.0. The third kappa shape index (κ3) is 3.11. The molecule has 2 atom stereocenters. The molecule has 1 amide bonds. The summed E-state index contributed by atoms with van der Waals surface area (Å²) in [6.45, 7) is 1.05. The van der Waals surface area contributed by atoms with Crippen molar-refractivity contribution in [3.8, 4) is 5.75 Å². The van der Waals surface area contributed by atoms with E-state index < -0.39 is 11.4 Å². The van der Waals surface area contributed by atoms with Crippen molar-refractivity contribution >= 4 is 11.9 Å². The molecule has 0 aliphatic carbocycles. The molecule has 2 aromatic rings. The molecule has 0 spiro atoms. The fourth-order valence-corrected chi connectivity index (χ4v) is 4.17. The molecule has 2 unspecified atom stereocenters. The second-order valence-electron chi connectivity index (χ2n) is 7.39. The van der Waals surface area contributed by atoms with Crippen LogP contribution in [0.1, 0.15) is 21.7 Å². The molecule has 1 aromatic carbocycles. The van der Waals surface area contributed by atoms with Gasteiger partial charge in [-0.05, 0) is 30.2 Å². The molecule has 1 N–H and O–H groups in total. The van der Waals surface area contributed by atoms with Crippen molar-refractivity contribution < 1.29 is 24.2 Å². The van der Waals surface area contributed by atoms with Gasteiger partial charge < -0.3 is 19.5 Å². The second-order valence-corrected chi connectivity index (χ2v) is 7.39. The SMILES string of the molecule is COCc1cccc(C(=O)N2CC3COc4ccccc4CC3(C(=O)O)C2)n1. The van der Waals surface area contributed by atoms with E-state index in [1.165, 1.54) is 0 Å². The zero-order valence-electron chi connectivity index (χ0n) is 15.6. The first-order valence-electron chi connectivity index (χ1n) is 9.22. The Kier molecular flexibility index (Phi) is 4.77. The van der Waals surface area contributed by atoms with Gasteiger partial charge in [0.25, 0.3) is 5.91 Å². The molecule has 7 nitrogen and oxygen atoms in total. The van der Waals surface area contributed by atoms with Crippen molar-refractivity contribution in [3.63, 3.8) is 0 Å². The summed E-state index contributed by atoms with van der Waals surface area (Å²) in [6.07, 6.45) is 0.337. The van der Waals surface area contributed by atoms with E-state index >= 15 is 0 Å². The third-order valence-electron chi connectivity index (χ3n) is 5.65. The number of likely N-dealkylation sites (tertiary alicyclic amines) is 1. The van der Waals surface area contributed by atoms with Crippen LogP contribution in [-0.4, -0.2) is 53.7 Å². The number of methoxy groups -OCH3 is 1. The van der Waals surface area contributed by atoms with E-state index in [4.69, 9.17) is 9.47 Å². The summed E-state index contributed by atoms with van der Waals surface area (Å²) >= 11 is 0. The highest BCUT2D eigenvalue weighted by atomic mass is 16.5. The highest BCUT2D eigenvalue weighted by Gasteiger charge is 2.55. The number of aliphatic carboxylic acids is 1. The number of carboxylic acids is 1. The first kappa shape index (κ1) is 18.4. The predicted molar refractivity (Wildman–Crippen MR) is 100 cm³/mol. The summed E-state index contributed by atoms with van der Waals surface area (Å²) < 4.78 is 11.0. The van der Waals surface area contributed by atoms with E-state index in [1.54, 1.807) is 30.2 Å². The Bertz CT molecular complexity index is 915. The van der Waals surface area contributed by atoms with Crippen molar-refractivity contribution in [1.29, 1.82) is 0 Å². The van der Waals surface area contributed by atoms with Crippen LogP contribution in [0, 0.1) is 11.3 Å². The number of pyridine rings is 1. The molecule has 2 aliphatic heterocycles. The number of carbonyl (C=O) groups is 2. The molecule has 7 heteroatoms. The zero-order chi connectivity index (χ0) is 19.7. The van der Waals surface area contributed by atoms with Gasteiger partial charge in [0.1, 0.15) is 11.4 Å². The number of carbonyl (C=O) groups excluding carboxylic acids is 1. The maximum Gasteiger partial charge on any atom is 0.312 e. The van der Waals surface area contributed by atoms with Crippen molar-refractivity contribution in [2.45, 2.75) is 13.0 Å². The molecule has 2 aliphatic rings. The predicted octanol–water partition coefficient (Wildman–Crippen LogP) is 2.01. The Balaban J connectivity index is 1.62. The quantitative estimate of drug-likeness (QED) is 0.870. The van der Waals surface area contributed by atoms with Gasteiger partial charge in [0, 0.05) is 26.1 Å². The van der Waals surface area contributed by atoms with Crippen LogP contribution >= 0.6 is 0 Å². The lowest BCUT2D eigenvalue weighted by Crippen LogP contribution is -2.42. The van der Waals surface area contributed by atoms with Gasteiger partial charge in [-0.1, -0.05) is 24.3 Å². The van der Waals surface area contributed by atoms with Crippen molar-refractivity contribution in [3.05, 3.63) is 59.4 Å². The van der Waals surface area contributed by atoms with Gasteiger partial charge >= 0.3 is 5.97 Å². The highest BCUT2D eigenvalue weighted by molar-refractivity contribution is 5.93. The Morgan fingerprint density at radius 2 is 2.11 bits per heavy atom. The number of amides is 1. The number of carboxylic acid groups (broad SMARTS) is 1. The number of benzene rings is 1. The van der Waals surface area contributed by atoms with Crippen LogP contribution in [0.3, 0.4) is 0 Å². The largest absolute Gasteiger partial charge is 0.493 e. The summed E-state index contributed by atoms with van der Waals surface area (Å²) in [5.74, 6) is -0.720. The Labute approximate surface area is 162 Å². The average Bonchev–Trinajstić information content (AvgIpc) is 2.99. The van der Waals surface area contributed by atoms with Crippen molar-refractivity contribution in [2.75, 3.05) is 26.8 Å². The Morgan fingerprint density at radius 3 is 2.89 bits per heavy atom. The molecule has 4 rings (SSSR count). The van der Waals surface area contributed by atoms with E-state index in [1.807, 2.05) is 24.3 Å². The summed E-state index contributed by atoms with van der Waals surface area (Å²) in [6, 6.07) is 12.7. The van der Waals surface area contributed by atoms with Gasteiger partial charge in [0.15, 0.2) is 0 Å². The van der Waals surface area contributed by atoms with Gasteiger partial charge in [-0.2, -0.15) is 0 Å². The number of fused-ring (bicyclic) bond motifs is 2. The van der Waals surface area contributed by atoms with Crippen LogP contribution < -0.4 is 4.74 Å². The maximum absolute atomic E-state index is 13.0. The number of ether oxygens (including phenoxy) is 2. The van der Waals surface area contributed by atoms with E-state index in [2.05, 4.69) is 4.98 Å². The van der Waals surface area contributed by atoms with E-state index in [0.29, 0.717) is 31.0 Å². The summed E-state index contributed by atoms with van der Waals surface area (Å²) in [4.78, 5) is 31.3. The van der Waals surface area contributed by atoms with Gasteiger partial charge in [0.05, 0.1) is 24.3 Å². The lowest BCUT2D eigenvalue weighted by molar-refractivity contribution is -0.150. The third-order valence-corrected chi connectivity index (χ3v) is 5.65. The molecular weight excluding hydrogens is 360 g/mol. The zero-order valence-corrected chi connectivity index (χ0v) is 15.6. The molecule has 1 fully saturated rings. The minimum atomic E-state index is -1.06. The van der Waals surface area contributed by atoms with Gasteiger partial charge in [-0.3, -0.25) is 9.59 Å². The molecule has 0 bridgehead atoms. The molecule has 1 saturated heterocycles. The Morgan fingerprint density at radius 1 is 1.29 bits per heavy atom. The van der Waals surface area contributed by atoms with Gasteiger partial charge in [0.2, 0.25) is 0 Å². The van der Waals surface area contributed by atoms with E-state index in [0.717, 1.165) is 11.3 Å².